The van der Waals surface area contributed by atoms with Crippen LogP contribution in [-0.2, 0) is 4.79 Å². The van der Waals surface area contributed by atoms with E-state index < -0.39 is 5.54 Å². The van der Waals surface area contributed by atoms with E-state index in [1.54, 1.807) is 0 Å². The van der Waals surface area contributed by atoms with Crippen molar-refractivity contribution in [1.82, 2.24) is 5.32 Å². The van der Waals surface area contributed by atoms with Gasteiger partial charge in [0.2, 0.25) is 5.91 Å². The van der Waals surface area contributed by atoms with Crippen LogP contribution in [0.4, 0.5) is 0 Å². The molecule has 84 valence electrons. The van der Waals surface area contributed by atoms with Crippen LogP contribution < -0.4 is 5.32 Å². The van der Waals surface area contributed by atoms with Gasteiger partial charge in [0.25, 0.3) is 0 Å². The van der Waals surface area contributed by atoms with Gasteiger partial charge in [0, 0.05) is 13.0 Å². The molecule has 0 aromatic carbocycles. The number of aliphatic hydroxyl groups is 2. The van der Waals surface area contributed by atoms with E-state index in [1.165, 1.54) is 0 Å². The summed E-state index contributed by atoms with van der Waals surface area (Å²) in [5, 5.41) is 20.6. The normalized spacial score (nSPS) is 11.4. The number of amides is 1. The number of hydrogen-bond donors (Lipinski definition) is 3. The van der Waals surface area contributed by atoms with E-state index in [9.17, 15) is 9.90 Å². The van der Waals surface area contributed by atoms with E-state index in [2.05, 4.69) is 5.32 Å². The zero-order valence-electron chi connectivity index (χ0n) is 9.05. The first-order chi connectivity index (χ1) is 6.64. The van der Waals surface area contributed by atoms with Gasteiger partial charge >= 0.3 is 0 Å². The van der Waals surface area contributed by atoms with Crippen molar-refractivity contribution in [3.05, 3.63) is 0 Å². The maximum absolute atomic E-state index is 11.4. The third-order valence-corrected chi connectivity index (χ3v) is 2.62. The molecule has 0 bridgehead atoms. The Morgan fingerprint density at radius 3 is 2.21 bits per heavy atom. The van der Waals surface area contributed by atoms with Crippen LogP contribution in [0, 0.1) is 0 Å². The van der Waals surface area contributed by atoms with Crippen molar-refractivity contribution in [2.24, 2.45) is 0 Å². The Morgan fingerprint density at radius 1 is 1.29 bits per heavy atom. The molecule has 4 nitrogen and oxygen atoms in total. The molecular weight excluding hydrogens is 182 g/mol. The highest BCUT2D eigenvalue weighted by Crippen LogP contribution is 2.14. The molecule has 0 atom stereocenters. The van der Waals surface area contributed by atoms with Crippen molar-refractivity contribution >= 4 is 5.91 Å². The standard InChI is InChI=1S/C10H21NO3/c1-3-10(4-2,8-13)11-9(14)6-5-7-12/h12-13H,3-8H2,1-2H3,(H,11,14). The molecule has 0 saturated carbocycles. The SMILES string of the molecule is CCC(CC)(CO)NC(=O)CCCO. The summed E-state index contributed by atoms with van der Waals surface area (Å²) >= 11 is 0. The highest BCUT2D eigenvalue weighted by atomic mass is 16.3. The predicted octanol–water partition coefficient (Wildman–Crippen LogP) is 0.426. The molecule has 0 aliphatic heterocycles. The van der Waals surface area contributed by atoms with Crippen LogP contribution in [0.5, 0.6) is 0 Å². The van der Waals surface area contributed by atoms with Gasteiger partial charge in [-0.15, -0.1) is 0 Å². The lowest BCUT2D eigenvalue weighted by Gasteiger charge is -2.30. The topological polar surface area (TPSA) is 69.6 Å². The summed E-state index contributed by atoms with van der Waals surface area (Å²) in [4.78, 5) is 11.4. The first kappa shape index (κ1) is 13.4. The zero-order valence-corrected chi connectivity index (χ0v) is 9.05. The minimum Gasteiger partial charge on any atom is -0.396 e. The highest BCUT2D eigenvalue weighted by molar-refractivity contribution is 5.76. The van der Waals surface area contributed by atoms with Crippen molar-refractivity contribution in [2.75, 3.05) is 13.2 Å². The third-order valence-electron chi connectivity index (χ3n) is 2.62. The molecule has 0 spiro atoms. The summed E-state index contributed by atoms with van der Waals surface area (Å²) in [5.74, 6) is -0.100. The summed E-state index contributed by atoms with van der Waals surface area (Å²) in [6, 6.07) is 0. The van der Waals surface area contributed by atoms with Crippen molar-refractivity contribution in [3.63, 3.8) is 0 Å². The Morgan fingerprint density at radius 2 is 1.86 bits per heavy atom. The predicted molar refractivity (Wildman–Crippen MR) is 54.9 cm³/mol. The fourth-order valence-electron chi connectivity index (χ4n) is 1.29. The van der Waals surface area contributed by atoms with E-state index >= 15 is 0 Å². The van der Waals surface area contributed by atoms with E-state index in [1.807, 2.05) is 13.8 Å². The van der Waals surface area contributed by atoms with Crippen molar-refractivity contribution in [1.29, 1.82) is 0 Å². The van der Waals surface area contributed by atoms with Crippen LogP contribution in [-0.4, -0.2) is 34.9 Å². The molecule has 0 radical (unpaired) electrons. The number of rotatable bonds is 7. The summed E-state index contributed by atoms with van der Waals surface area (Å²) < 4.78 is 0. The van der Waals surface area contributed by atoms with Gasteiger partial charge in [-0.2, -0.15) is 0 Å². The smallest absolute Gasteiger partial charge is 0.220 e. The lowest BCUT2D eigenvalue weighted by molar-refractivity contribution is -0.124. The molecule has 4 heteroatoms. The third kappa shape index (κ3) is 4.07. The van der Waals surface area contributed by atoms with Crippen LogP contribution in [0.25, 0.3) is 0 Å². The molecule has 0 unspecified atom stereocenters. The molecule has 0 heterocycles. The summed E-state index contributed by atoms with van der Waals surface area (Å²) in [6.07, 6.45) is 2.22. The average Bonchev–Trinajstić information content (AvgIpc) is 2.23. The summed E-state index contributed by atoms with van der Waals surface area (Å²) in [6.45, 7) is 3.86. The van der Waals surface area contributed by atoms with Crippen LogP contribution in [0.1, 0.15) is 39.5 Å². The van der Waals surface area contributed by atoms with Gasteiger partial charge in [-0.1, -0.05) is 13.8 Å². The lowest BCUT2D eigenvalue weighted by atomic mass is 9.93. The van der Waals surface area contributed by atoms with Gasteiger partial charge < -0.3 is 15.5 Å². The van der Waals surface area contributed by atoms with E-state index in [0.29, 0.717) is 25.7 Å². The van der Waals surface area contributed by atoms with Crippen LogP contribution >= 0.6 is 0 Å². The second-order valence-electron chi connectivity index (χ2n) is 3.52. The van der Waals surface area contributed by atoms with E-state index in [4.69, 9.17) is 5.11 Å². The van der Waals surface area contributed by atoms with Crippen molar-refractivity contribution in [2.45, 2.75) is 45.1 Å². The van der Waals surface area contributed by atoms with E-state index in [-0.39, 0.29) is 19.1 Å². The second-order valence-corrected chi connectivity index (χ2v) is 3.52. The molecule has 0 aliphatic rings. The molecule has 1 amide bonds. The summed E-state index contributed by atoms with van der Waals surface area (Å²) in [5.41, 5.74) is -0.480. The van der Waals surface area contributed by atoms with Crippen LogP contribution in [0.3, 0.4) is 0 Å². The minimum atomic E-state index is -0.480. The molecule has 0 saturated heterocycles. The van der Waals surface area contributed by atoms with Crippen LogP contribution in [0.2, 0.25) is 0 Å². The Kier molecular flexibility index (Phi) is 6.49. The van der Waals surface area contributed by atoms with Crippen LogP contribution in [0.15, 0.2) is 0 Å². The Labute approximate surface area is 85.3 Å². The minimum absolute atomic E-state index is 0.0256. The Hall–Kier alpha value is -0.610. The first-order valence-corrected chi connectivity index (χ1v) is 5.17. The zero-order chi connectivity index (χ0) is 11.0. The number of carbonyl (C=O) groups excluding carboxylic acids is 1. The number of carbonyl (C=O) groups is 1. The highest BCUT2D eigenvalue weighted by Gasteiger charge is 2.26. The van der Waals surface area contributed by atoms with Gasteiger partial charge in [0.05, 0.1) is 12.1 Å². The largest absolute Gasteiger partial charge is 0.396 e. The second kappa shape index (κ2) is 6.79. The quantitative estimate of drug-likeness (QED) is 0.562. The molecule has 0 aromatic heterocycles. The molecule has 0 rings (SSSR count). The molecule has 0 aliphatic carbocycles. The summed E-state index contributed by atoms with van der Waals surface area (Å²) in [7, 11) is 0. The monoisotopic (exact) mass is 203 g/mol. The van der Waals surface area contributed by atoms with Crippen molar-refractivity contribution in [3.8, 4) is 0 Å². The van der Waals surface area contributed by atoms with Gasteiger partial charge in [-0.25, -0.2) is 0 Å². The Bertz CT molecular complexity index is 158. The fourth-order valence-corrected chi connectivity index (χ4v) is 1.29. The maximum atomic E-state index is 11.4. The molecular formula is C10H21NO3. The molecule has 14 heavy (non-hydrogen) atoms. The number of hydrogen-bond acceptors (Lipinski definition) is 3. The molecule has 0 fully saturated rings. The van der Waals surface area contributed by atoms with Gasteiger partial charge in [0.15, 0.2) is 0 Å². The fraction of sp³-hybridized carbons (Fsp3) is 0.900. The van der Waals surface area contributed by atoms with E-state index in [0.717, 1.165) is 0 Å². The number of aliphatic hydroxyl groups excluding tert-OH is 2. The average molecular weight is 203 g/mol. The number of nitrogens with one attached hydrogen (secondary N) is 1. The van der Waals surface area contributed by atoms with Gasteiger partial charge in [-0.3, -0.25) is 4.79 Å². The molecule has 0 aromatic rings. The lowest BCUT2D eigenvalue weighted by Crippen LogP contribution is -2.50. The van der Waals surface area contributed by atoms with Crippen molar-refractivity contribution < 1.29 is 15.0 Å². The van der Waals surface area contributed by atoms with Gasteiger partial charge in [-0.05, 0) is 19.3 Å². The van der Waals surface area contributed by atoms with Gasteiger partial charge in [0.1, 0.15) is 0 Å². The first-order valence-electron chi connectivity index (χ1n) is 5.17. The Balaban J connectivity index is 4.08. The molecule has 3 N–H and O–H groups in total. The maximum Gasteiger partial charge on any atom is 0.220 e.